The molecule has 2 aliphatic rings. The fourth-order valence-electron chi connectivity index (χ4n) is 4.02. The molecule has 2 fully saturated rings. The highest BCUT2D eigenvalue weighted by Crippen LogP contribution is 2.50. The lowest BCUT2D eigenvalue weighted by atomic mass is 10.1. The van der Waals surface area contributed by atoms with E-state index >= 15 is 0 Å². The fraction of sp³-hybridized carbons (Fsp3) is 0.227. The van der Waals surface area contributed by atoms with Crippen molar-refractivity contribution in [2.45, 2.75) is 31.3 Å². The second kappa shape index (κ2) is 6.69. The summed E-state index contributed by atoms with van der Waals surface area (Å²) in [6.07, 6.45) is -2.06. The zero-order chi connectivity index (χ0) is 21.8. The number of imide groups is 1. The summed E-state index contributed by atoms with van der Waals surface area (Å²) >= 11 is 0. The van der Waals surface area contributed by atoms with Crippen molar-refractivity contribution >= 4 is 28.5 Å². The van der Waals surface area contributed by atoms with Crippen LogP contribution in [0.1, 0.15) is 18.4 Å². The Kier molecular flexibility index (Phi) is 4.18. The fourth-order valence-corrected chi connectivity index (χ4v) is 4.02. The molecule has 1 aliphatic heterocycles. The predicted molar refractivity (Wildman–Crippen MR) is 105 cm³/mol. The Morgan fingerprint density at radius 3 is 2.39 bits per heavy atom. The summed E-state index contributed by atoms with van der Waals surface area (Å²) in [5, 5.41) is 0.896. The number of aromatic nitrogens is 1. The second-order valence-corrected chi connectivity index (χ2v) is 7.57. The average molecular weight is 427 g/mol. The third kappa shape index (κ3) is 3.26. The Labute approximate surface area is 174 Å². The molecule has 6 nitrogen and oxygen atoms in total. The average Bonchev–Trinajstić information content (AvgIpc) is 3.50. The Balaban J connectivity index is 1.45. The summed E-state index contributed by atoms with van der Waals surface area (Å²) < 4.78 is 41.0. The number of para-hydroxylation sites is 1. The maximum absolute atomic E-state index is 13.2. The van der Waals surface area contributed by atoms with Gasteiger partial charge in [0.25, 0.3) is 5.91 Å². The topological polar surface area (TPSA) is 62.7 Å². The smallest absolute Gasteiger partial charge is 0.406 e. The van der Waals surface area contributed by atoms with Crippen LogP contribution < -0.4 is 9.64 Å². The van der Waals surface area contributed by atoms with Crippen LogP contribution in [0.2, 0.25) is 0 Å². The molecular weight excluding hydrogens is 411 g/mol. The molecule has 3 aromatic rings. The molecule has 0 atom stereocenters. The molecule has 9 heteroatoms. The highest BCUT2D eigenvalue weighted by molar-refractivity contribution is 6.24. The summed E-state index contributed by atoms with van der Waals surface area (Å²) in [6, 6.07) is 13.6. The van der Waals surface area contributed by atoms with Crippen LogP contribution in [0.5, 0.6) is 5.75 Å². The van der Waals surface area contributed by atoms with E-state index in [4.69, 9.17) is 0 Å². The first-order valence-electron chi connectivity index (χ1n) is 9.63. The molecule has 0 bridgehead atoms. The number of benzene rings is 2. The molecule has 158 valence electrons. The van der Waals surface area contributed by atoms with Gasteiger partial charge in [-0.15, -0.1) is 13.2 Å². The van der Waals surface area contributed by atoms with E-state index in [-0.39, 0.29) is 18.1 Å². The van der Waals surface area contributed by atoms with Crippen molar-refractivity contribution in [1.82, 2.24) is 9.88 Å². The van der Waals surface area contributed by atoms with Gasteiger partial charge in [0.2, 0.25) is 0 Å². The lowest BCUT2D eigenvalue weighted by Gasteiger charge is -2.22. The summed E-state index contributed by atoms with van der Waals surface area (Å²) in [5.74, 6) is -0.781. The van der Waals surface area contributed by atoms with E-state index in [2.05, 4.69) is 9.72 Å². The third-order valence-electron chi connectivity index (χ3n) is 5.66. The Bertz CT molecular complexity index is 1180. The van der Waals surface area contributed by atoms with Crippen molar-refractivity contribution < 1.29 is 27.5 Å². The number of urea groups is 1. The molecule has 3 amide bonds. The van der Waals surface area contributed by atoms with Crippen molar-refractivity contribution in [2.24, 2.45) is 0 Å². The van der Waals surface area contributed by atoms with Gasteiger partial charge in [-0.05, 0) is 54.8 Å². The van der Waals surface area contributed by atoms with E-state index in [9.17, 15) is 22.8 Å². The van der Waals surface area contributed by atoms with Gasteiger partial charge in [-0.2, -0.15) is 0 Å². The van der Waals surface area contributed by atoms with Gasteiger partial charge in [0.05, 0.1) is 11.2 Å². The number of ether oxygens (including phenoxy) is 1. The normalized spacial score (nSPS) is 17.6. The van der Waals surface area contributed by atoms with E-state index in [0.29, 0.717) is 12.8 Å². The third-order valence-corrected chi connectivity index (χ3v) is 5.66. The van der Waals surface area contributed by atoms with Gasteiger partial charge in [0, 0.05) is 18.1 Å². The first kappa shape index (κ1) is 19.3. The maximum Gasteiger partial charge on any atom is 0.573 e. The Morgan fingerprint density at radius 1 is 1.00 bits per heavy atom. The molecule has 1 saturated heterocycles. The molecule has 1 aromatic heterocycles. The van der Waals surface area contributed by atoms with Crippen LogP contribution in [0.15, 0.2) is 60.8 Å². The quantitative estimate of drug-likeness (QED) is 0.570. The molecule has 2 aromatic carbocycles. The molecule has 5 rings (SSSR count). The van der Waals surface area contributed by atoms with Crippen molar-refractivity contribution in [1.29, 1.82) is 0 Å². The van der Waals surface area contributed by atoms with Crippen LogP contribution in [0, 0.1) is 0 Å². The van der Waals surface area contributed by atoms with E-state index in [1.165, 1.54) is 12.1 Å². The lowest BCUT2D eigenvalue weighted by Crippen LogP contribution is -2.36. The van der Waals surface area contributed by atoms with Gasteiger partial charge in [-0.3, -0.25) is 9.78 Å². The minimum atomic E-state index is -4.82. The van der Waals surface area contributed by atoms with Gasteiger partial charge in [-0.25, -0.2) is 9.69 Å². The minimum absolute atomic E-state index is 0.206. The molecule has 31 heavy (non-hydrogen) atoms. The molecule has 1 aliphatic carbocycles. The minimum Gasteiger partial charge on any atom is -0.406 e. The number of alkyl halides is 3. The summed E-state index contributed by atoms with van der Waals surface area (Å²) in [7, 11) is 0. The zero-order valence-electron chi connectivity index (χ0n) is 16.1. The van der Waals surface area contributed by atoms with Gasteiger partial charge >= 0.3 is 12.4 Å². The van der Waals surface area contributed by atoms with Crippen molar-refractivity contribution in [2.75, 3.05) is 4.90 Å². The number of fused-ring (bicyclic) bond motifs is 1. The van der Waals surface area contributed by atoms with Gasteiger partial charge in [0.1, 0.15) is 11.3 Å². The molecule has 0 N–H and O–H groups in total. The van der Waals surface area contributed by atoms with Crippen LogP contribution >= 0.6 is 0 Å². The number of hydrogen-bond acceptors (Lipinski definition) is 4. The standard InChI is InChI=1S/C22H16F3N3O3/c23-22(24,25)31-16-7-5-15(6-8-16)28-19(29)21(10-11-21)27(20(28)30)13-14-9-12-26-18-4-2-1-3-17(14)18/h1-9,12H,10-11,13H2. The highest BCUT2D eigenvalue weighted by Gasteiger charge is 2.65. The summed E-state index contributed by atoms with van der Waals surface area (Å²) in [4.78, 5) is 33.3. The number of anilines is 1. The lowest BCUT2D eigenvalue weighted by molar-refractivity contribution is -0.274. The molecular formula is C22H16F3N3O3. The Morgan fingerprint density at radius 2 is 1.71 bits per heavy atom. The van der Waals surface area contributed by atoms with Crippen molar-refractivity contribution in [3.63, 3.8) is 0 Å². The second-order valence-electron chi connectivity index (χ2n) is 7.57. The SMILES string of the molecule is O=C1N(c2ccc(OC(F)(F)F)cc2)C(=O)C2(CC2)N1Cc1ccnc2ccccc12. The number of nitrogens with zero attached hydrogens (tertiary/aromatic N) is 3. The van der Waals surface area contributed by atoms with Crippen LogP contribution in [-0.2, 0) is 11.3 Å². The van der Waals surface area contributed by atoms with E-state index in [0.717, 1.165) is 33.5 Å². The van der Waals surface area contributed by atoms with Crippen molar-refractivity contribution in [3.05, 3.63) is 66.4 Å². The molecule has 0 unspecified atom stereocenters. The van der Waals surface area contributed by atoms with Gasteiger partial charge in [0.15, 0.2) is 0 Å². The van der Waals surface area contributed by atoms with Crippen LogP contribution in [0.4, 0.5) is 23.7 Å². The molecule has 1 spiro atoms. The van der Waals surface area contributed by atoms with Crippen LogP contribution in [0.3, 0.4) is 0 Å². The summed E-state index contributed by atoms with van der Waals surface area (Å²) in [6.45, 7) is 0.235. The predicted octanol–water partition coefficient (Wildman–Crippen LogP) is 4.63. The number of hydrogen-bond donors (Lipinski definition) is 0. The number of halogens is 3. The largest absolute Gasteiger partial charge is 0.573 e. The number of rotatable bonds is 4. The number of pyridine rings is 1. The summed E-state index contributed by atoms with van der Waals surface area (Å²) in [5.41, 5.74) is 0.967. The van der Waals surface area contributed by atoms with Crippen molar-refractivity contribution in [3.8, 4) is 5.75 Å². The van der Waals surface area contributed by atoms with Crippen LogP contribution in [-0.4, -0.2) is 33.7 Å². The number of carbonyl (C=O) groups is 2. The first-order chi connectivity index (χ1) is 14.8. The molecule has 1 saturated carbocycles. The maximum atomic E-state index is 13.2. The van der Waals surface area contributed by atoms with E-state index < -0.39 is 23.7 Å². The number of amides is 3. The first-order valence-corrected chi connectivity index (χ1v) is 9.63. The number of carbonyl (C=O) groups excluding carboxylic acids is 2. The molecule has 0 radical (unpaired) electrons. The Hall–Kier alpha value is -3.62. The zero-order valence-corrected chi connectivity index (χ0v) is 16.1. The van der Waals surface area contributed by atoms with Gasteiger partial charge < -0.3 is 9.64 Å². The highest BCUT2D eigenvalue weighted by atomic mass is 19.4. The monoisotopic (exact) mass is 427 g/mol. The van der Waals surface area contributed by atoms with Crippen LogP contribution in [0.25, 0.3) is 10.9 Å². The van der Waals surface area contributed by atoms with Gasteiger partial charge in [-0.1, -0.05) is 18.2 Å². The van der Waals surface area contributed by atoms with E-state index in [1.807, 2.05) is 30.3 Å². The van der Waals surface area contributed by atoms with E-state index in [1.54, 1.807) is 11.1 Å². The molecule has 2 heterocycles.